The van der Waals surface area contributed by atoms with Crippen molar-refractivity contribution in [2.24, 2.45) is 0 Å². The summed E-state index contributed by atoms with van der Waals surface area (Å²) in [6, 6.07) is 10.5. The molecule has 0 saturated carbocycles. The van der Waals surface area contributed by atoms with Gasteiger partial charge in [-0.25, -0.2) is 13.6 Å². The molecule has 9 nitrogen and oxygen atoms in total. The van der Waals surface area contributed by atoms with Crippen molar-refractivity contribution in [1.82, 2.24) is 24.7 Å². The second kappa shape index (κ2) is 11.6. The van der Waals surface area contributed by atoms with Gasteiger partial charge < -0.3 is 19.6 Å². The van der Waals surface area contributed by atoms with Gasteiger partial charge in [-0.15, -0.1) is 0 Å². The van der Waals surface area contributed by atoms with Gasteiger partial charge >= 0.3 is 12.1 Å². The van der Waals surface area contributed by atoms with Crippen LogP contribution in [0.25, 0.3) is 0 Å². The summed E-state index contributed by atoms with van der Waals surface area (Å²) < 4.78 is 32.0. The second-order valence-corrected chi connectivity index (χ2v) is 9.95. The number of alkyl halides is 2. The Labute approximate surface area is 215 Å². The zero-order valence-electron chi connectivity index (χ0n) is 20.9. The summed E-state index contributed by atoms with van der Waals surface area (Å²) in [4.78, 5) is 28.6. The maximum absolute atomic E-state index is 13.0. The molecule has 200 valence electrons. The van der Waals surface area contributed by atoms with Gasteiger partial charge in [0.1, 0.15) is 12.4 Å². The highest BCUT2D eigenvalue weighted by molar-refractivity contribution is 5.65. The molecule has 1 atom stereocenters. The molecular weight excluding hydrogens is 482 g/mol. The van der Waals surface area contributed by atoms with Gasteiger partial charge in [0.25, 0.3) is 6.43 Å². The van der Waals surface area contributed by atoms with E-state index in [1.165, 1.54) is 10.5 Å². The van der Waals surface area contributed by atoms with E-state index in [0.29, 0.717) is 39.3 Å². The van der Waals surface area contributed by atoms with Crippen LogP contribution in [0.5, 0.6) is 6.01 Å². The SMILES string of the molecule is O=C(O)N1CCN(c2nc(OCC3CCCN3CC(F)F)nc3c2CCN(Cc2ccccc2)C3)CC1. The highest BCUT2D eigenvalue weighted by Crippen LogP contribution is 2.30. The van der Waals surface area contributed by atoms with Crippen molar-refractivity contribution in [1.29, 1.82) is 0 Å². The predicted molar refractivity (Wildman–Crippen MR) is 134 cm³/mol. The van der Waals surface area contributed by atoms with E-state index < -0.39 is 12.5 Å². The number of benzene rings is 1. The number of piperazine rings is 1. The number of likely N-dealkylation sites (tertiary alicyclic amines) is 1. The van der Waals surface area contributed by atoms with Gasteiger partial charge in [-0.05, 0) is 31.4 Å². The van der Waals surface area contributed by atoms with Gasteiger partial charge in [0.15, 0.2) is 0 Å². The fourth-order valence-corrected chi connectivity index (χ4v) is 5.53. The number of carboxylic acid groups (broad SMARTS) is 1. The lowest BCUT2D eigenvalue weighted by atomic mass is 10.0. The summed E-state index contributed by atoms with van der Waals surface area (Å²) in [5.41, 5.74) is 3.24. The minimum absolute atomic E-state index is 0.0780. The third-order valence-electron chi connectivity index (χ3n) is 7.48. The second-order valence-electron chi connectivity index (χ2n) is 9.95. The van der Waals surface area contributed by atoms with Crippen molar-refractivity contribution in [2.45, 2.75) is 44.8 Å². The third kappa shape index (κ3) is 6.27. The molecule has 2 saturated heterocycles. The lowest BCUT2D eigenvalue weighted by Crippen LogP contribution is -2.49. The number of halogens is 2. The van der Waals surface area contributed by atoms with E-state index >= 15 is 0 Å². The van der Waals surface area contributed by atoms with Crippen LogP contribution in [0.2, 0.25) is 0 Å². The van der Waals surface area contributed by atoms with Crippen molar-refractivity contribution in [3.8, 4) is 6.01 Å². The van der Waals surface area contributed by atoms with Crippen LogP contribution in [0.15, 0.2) is 30.3 Å². The quantitative estimate of drug-likeness (QED) is 0.574. The van der Waals surface area contributed by atoms with Crippen molar-refractivity contribution in [2.75, 3.05) is 57.3 Å². The highest BCUT2D eigenvalue weighted by Gasteiger charge is 2.30. The van der Waals surface area contributed by atoms with E-state index in [2.05, 4.69) is 21.9 Å². The molecule has 1 aromatic heterocycles. The molecule has 1 aromatic carbocycles. The van der Waals surface area contributed by atoms with Gasteiger partial charge in [0.05, 0.1) is 12.2 Å². The molecule has 0 aliphatic carbocycles. The number of anilines is 1. The average molecular weight is 517 g/mol. The number of amides is 1. The first-order valence-electron chi connectivity index (χ1n) is 13.0. The topological polar surface area (TPSA) is 85.3 Å². The van der Waals surface area contributed by atoms with E-state index in [9.17, 15) is 18.7 Å². The highest BCUT2D eigenvalue weighted by atomic mass is 19.3. The molecule has 37 heavy (non-hydrogen) atoms. The first kappa shape index (κ1) is 25.6. The summed E-state index contributed by atoms with van der Waals surface area (Å²) in [5, 5.41) is 9.34. The average Bonchev–Trinajstić information content (AvgIpc) is 3.33. The summed E-state index contributed by atoms with van der Waals surface area (Å²) >= 11 is 0. The molecule has 11 heteroatoms. The van der Waals surface area contributed by atoms with Gasteiger partial charge in [-0.3, -0.25) is 9.80 Å². The third-order valence-corrected chi connectivity index (χ3v) is 7.48. The number of nitrogens with zero attached hydrogens (tertiary/aromatic N) is 6. The number of carbonyl (C=O) groups is 1. The van der Waals surface area contributed by atoms with E-state index in [4.69, 9.17) is 14.7 Å². The molecule has 2 fully saturated rings. The zero-order valence-corrected chi connectivity index (χ0v) is 20.9. The molecule has 1 unspecified atom stereocenters. The summed E-state index contributed by atoms with van der Waals surface area (Å²) in [7, 11) is 0. The molecule has 0 bridgehead atoms. The van der Waals surface area contributed by atoms with Crippen molar-refractivity contribution in [3.63, 3.8) is 0 Å². The van der Waals surface area contributed by atoms with Crippen LogP contribution >= 0.6 is 0 Å². The summed E-state index contributed by atoms with van der Waals surface area (Å²) in [5.74, 6) is 0.806. The molecule has 1 amide bonds. The number of hydrogen-bond acceptors (Lipinski definition) is 7. The Morgan fingerprint density at radius 3 is 2.59 bits per heavy atom. The molecule has 0 radical (unpaired) electrons. The Morgan fingerprint density at radius 1 is 1.08 bits per heavy atom. The fourth-order valence-electron chi connectivity index (χ4n) is 5.53. The van der Waals surface area contributed by atoms with Crippen LogP contribution in [0.3, 0.4) is 0 Å². The molecular formula is C26H34F2N6O3. The molecule has 4 heterocycles. The van der Waals surface area contributed by atoms with Crippen molar-refractivity contribution >= 4 is 11.9 Å². The maximum atomic E-state index is 13.0. The number of fused-ring (bicyclic) bond motifs is 1. The minimum atomic E-state index is -2.37. The molecule has 3 aliphatic heterocycles. The van der Waals surface area contributed by atoms with Crippen molar-refractivity contribution in [3.05, 3.63) is 47.2 Å². The Balaban J connectivity index is 1.34. The van der Waals surface area contributed by atoms with Crippen LogP contribution in [-0.2, 0) is 19.5 Å². The zero-order chi connectivity index (χ0) is 25.8. The lowest BCUT2D eigenvalue weighted by molar-refractivity contribution is 0.0683. The Kier molecular flexibility index (Phi) is 7.99. The number of ether oxygens (including phenoxy) is 1. The fraction of sp³-hybridized carbons (Fsp3) is 0.577. The lowest BCUT2D eigenvalue weighted by Gasteiger charge is -2.37. The van der Waals surface area contributed by atoms with Gasteiger partial charge in [0, 0.05) is 57.4 Å². The number of aromatic nitrogens is 2. The summed E-state index contributed by atoms with van der Waals surface area (Å²) in [6.07, 6.45) is -0.796. The molecule has 1 N–H and O–H groups in total. The molecule has 0 spiro atoms. The van der Waals surface area contributed by atoms with E-state index in [1.54, 1.807) is 4.90 Å². The Morgan fingerprint density at radius 2 is 1.86 bits per heavy atom. The van der Waals surface area contributed by atoms with Crippen LogP contribution in [0, 0.1) is 0 Å². The monoisotopic (exact) mass is 516 g/mol. The van der Waals surface area contributed by atoms with E-state index in [-0.39, 0.29) is 25.2 Å². The van der Waals surface area contributed by atoms with Gasteiger partial charge in [-0.2, -0.15) is 9.97 Å². The van der Waals surface area contributed by atoms with Crippen LogP contribution in [-0.4, -0.2) is 101 Å². The molecule has 2 aromatic rings. The molecule has 5 rings (SSSR count). The van der Waals surface area contributed by atoms with Crippen LogP contribution in [0.4, 0.5) is 19.4 Å². The van der Waals surface area contributed by atoms with Crippen molar-refractivity contribution < 1.29 is 23.4 Å². The smallest absolute Gasteiger partial charge is 0.407 e. The minimum Gasteiger partial charge on any atom is -0.465 e. The van der Waals surface area contributed by atoms with Gasteiger partial charge in [-0.1, -0.05) is 30.3 Å². The first-order valence-corrected chi connectivity index (χ1v) is 13.0. The van der Waals surface area contributed by atoms with Crippen LogP contribution < -0.4 is 9.64 Å². The van der Waals surface area contributed by atoms with E-state index in [0.717, 1.165) is 49.4 Å². The number of rotatable bonds is 8. The largest absolute Gasteiger partial charge is 0.465 e. The Hall–Kier alpha value is -3.05. The Bertz CT molecular complexity index is 1070. The standard InChI is InChI=1S/C26H34F2N6O3/c27-23(28)17-34-9-4-7-20(34)18-37-25-29-22-16-31(15-19-5-2-1-3-6-19)10-8-21(22)24(30-25)32-11-13-33(14-12-32)26(35)36/h1-3,5-6,20,23H,4,7-18H2,(H,35,36). The summed E-state index contributed by atoms with van der Waals surface area (Å²) in [6.45, 7) is 4.95. The maximum Gasteiger partial charge on any atom is 0.407 e. The first-order chi connectivity index (χ1) is 18.0. The molecule has 3 aliphatic rings. The normalized spacial score (nSPS) is 20.9. The predicted octanol–water partition coefficient (Wildman–Crippen LogP) is 2.94. The number of hydrogen-bond donors (Lipinski definition) is 1. The van der Waals surface area contributed by atoms with Crippen LogP contribution in [0.1, 0.15) is 29.7 Å². The van der Waals surface area contributed by atoms with Gasteiger partial charge in [0.2, 0.25) is 0 Å². The van der Waals surface area contributed by atoms with E-state index in [1.807, 2.05) is 18.2 Å².